The minimum Gasteiger partial charge on any atom is -0.456 e. The van der Waals surface area contributed by atoms with Gasteiger partial charge in [0.1, 0.15) is 5.82 Å². The first-order valence-electron chi connectivity index (χ1n) is 8.14. The third kappa shape index (κ3) is 7.45. The van der Waals surface area contributed by atoms with Crippen molar-refractivity contribution in [2.24, 2.45) is 0 Å². The molecule has 0 aromatic heterocycles. The quantitative estimate of drug-likeness (QED) is 0.676. The van der Waals surface area contributed by atoms with E-state index in [0.29, 0.717) is 10.6 Å². The molecule has 0 bridgehead atoms. The number of esters is 1. The number of carbonyl (C=O) groups is 3. The number of nitrogens with one attached hydrogen (secondary N) is 2. The van der Waals surface area contributed by atoms with Crippen molar-refractivity contribution in [3.8, 4) is 0 Å². The summed E-state index contributed by atoms with van der Waals surface area (Å²) in [6, 6.07) is 12.0. The van der Waals surface area contributed by atoms with Crippen LogP contribution in [0.15, 0.2) is 48.5 Å². The monoisotopic (exact) mass is 392 g/mol. The van der Waals surface area contributed by atoms with Crippen molar-refractivity contribution in [1.82, 2.24) is 10.6 Å². The molecule has 0 aliphatic carbocycles. The van der Waals surface area contributed by atoms with Gasteiger partial charge in [-0.15, -0.1) is 0 Å². The number of carbonyl (C=O) groups excluding carboxylic acids is 3. The largest absolute Gasteiger partial charge is 0.456 e. The maximum Gasteiger partial charge on any atom is 0.308 e. The molecular weight excluding hydrogens is 375 g/mol. The molecule has 2 aromatic rings. The van der Waals surface area contributed by atoms with E-state index >= 15 is 0 Å². The van der Waals surface area contributed by atoms with E-state index in [1.807, 2.05) is 0 Å². The Hall–Kier alpha value is -2.93. The van der Waals surface area contributed by atoms with Gasteiger partial charge in [0.05, 0.1) is 6.42 Å². The predicted octanol–water partition coefficient (Wildman–Crippen LogP) is 2.46. The van der Waals surface area contributed by atoms with Crippen LogP contribution < -0.4 is 10.6 Å². The van der Waals surface area contributed by atoms with Gasteiger partial charge in [-0.2, -0.15) is 0 Å². The smallest absolute Gasteiger partial charge is 0.308 e. The van der Waals surface area contributed by atoms with Crippen LogP contribution >= 0.6 is 11.6 Å². The summed E-state index contributed by atoms with van der Waals surface area (Å²) >= 11 is 5.75. The van der Waals surface area contributed by atoms with Crippen LogP contribution in [0.2, 0.25) is 5.02 Å². The fraction of sp³-hybridized carbons (Fsp3) is 0.211. The molecule has 8 heteroatoms. The molecule has 0 saturated heterocycles. The molecule has 0 atom stereocenters. The first-order chi connectivity index (χ1) is 12.9. The van der Waals surface area contributed by atoms with E-state index in [0.717, 1.165) is 5.56 Å². The maximum atomic E-state index is 12.8. The standard InChI is InChI=1S/C19H18ClFN2O4/c20-15-5-3-14(4-6-15)19(26)22-10-9-18(25)27-12-17(24)23-11-13-1-7-16(21)8-2-13/h1-8H,9-12H2,(H,22,26)(H,23,24). The lowest BCUT2D eigenvalue weighted by Crippen LogP contribution is -2.30. The minimum absolute atomic E-state index is 0.0649. The van der Waals surface area contributed by atoms with Gasteiger partial charge in [0.15, 0.2) is 6.61 Å². The van der Waals surface area contributed by atoms with Gasteiger partial charge in [0, 0.05) is 23.7 Å². The maximum absolute atomic E-state index is 12.8. The Morgan fingerprint density at radius 3 is 2.30 bits per heavy atom. The Balaban J connectivity index is 1.61. The van der Waals surface area contributed by atoms with Gasteiger partial charge in [-0.05, 0) is 42.0 Å². The van der Waals surface area contributed by atoms with Gasteiger partial charge < -0.3 is 15.4 Å². The van der Waals surface area contributed by atoms with Crippen LogP contribution in [0.4, 0.5) is 4.39 Å². The number of benzene rings is 2. The summed E-state index contributed by atoms with van der Waals surface area (Å²) in [7, 11) is 0. The fourth-order valence-corrected chi connectivity index (χ4v) is 2.18. The second-order valence-corrected chi connectivity index (χ2v) is 6.01. The van der Waals surface area contributed by atoms with Gasteiger partial charge in [-0.25, -0.2) is 4.39 Å². The van der Waals surface area contributed by atoms with Gasteiger partial charge in [-0.3, -0.25) is 14.4 Å². The zero-order valence-corrected chi connectivity index (χ0v) is 15.1. The Bertz CT molecular complexity index is 794. The van der Waals surface area contributed by atoms with Crippen molar-refractivity contribution in [1.29, 1.82) is 0 Å². The highest BCUT2D eigenvalue weighted by molar-refractivity contribution is 6.30. The van der Waals surface area contributed by atoms with E-state index in [-0.39, 0.29) is 31.2 Å². The van der Waals surface area contributed by atoms with Crippen LogP contribution in [-0.2, 0) is 20.9 Å². The Labute approximate surface area is 160 Å². The molecule has 142 valence electrons. The van der Waals surface area contributed by atoms with Crippen molar-refractivity contribution < 1.29 is 23.5 Å². The van der Waals surface area contributed by atoms with E-state index < -0.39 is 18.5 Å². The second kappa shape index (κ2) is 10.3. The van der Waals surface area contributed by atoms with E-state index in [1.165, 1.54) is 12.1 Å². The van der Waals surface area contributed by atoms with E-state index in [2.05, 4.69) is 10.6 Å². The predicted molar refractivity (Wildman–Crippen MR) is 97.6 cm³/mol. The SMILES string of the molecule is O=C(COC(=O)CCNC(=O)c1ccc(Cl)cc1)NCc1ccc(F)cc1. The number of halogens is 2. The second-order valence-electron chi connectivity index (χ2n) is 5.58. The van der Waals surface area contributed by atoms with Gasteiger partial charge >= 0.3 is 5.97 Å². The molecule has 6 nitrogen and oxygen atoms in total. The van der Waals surface area contributed by atoms with E-state index in [1.54, 1.807) is 36.4 Å². The average Bonchev–Trinajstić information content (AvgIpc) is 2.66. The molecule has 0 spiro atoms. The number of ether oxygens (including phenoxy) is 1. The minimum atomic E-state index is -0.608. The molecule has 0 heterocycles. The number of hydrogen-bond acceptors (Lipinski definition) is 4. The molecule has 0 radical (unpaired) electrons. The lowest BCUT2D eigenvalue weighted by molar-refractivity contribution is -0.148. The van der Waals surface area contributed by atoms with Gasteiger partial charge in [-0.1, -0.05) is 23.7 Å². The van der Waals surface area contributed by atoms with Crippen molar-refractivity contribution in [3.63, 3.8) is 0 Å². The van der Waals surface area contributed by atoms with Crippen LogP contribution in [0.1, 0.15) is 22.3 Å². The number of hydrogen-bond donors (Lipinski definition) is 2. The molecule has 2 amide bonds. The summed E-state index contributed by atoms with van der Waals surface area (Å²) in [4.78, 5) is 35.1. The summed E-state index contributed by atoms with van der Waals surface area (Å²) in [6.45, 7) is -0.142. The summed E-state index contributed by atoms with van der Waals surface area (Å²) in [5.74, 6) is -1.78. The Morgan fingerprint density at radius 2 is 1.63 bits per heavy atom. The Morgan fingerprint density at radius 1 is 0.963 bits per heavy atom. The third-order valence-electron chi connectivity index (χ3n) is 3.49. The first kappa shape index (κ1) is 20.4. The van der Waals surface area contributed by atoms with Crippen LogP contribution in [0, 0.1) is 5.82 Å². The summed E-state index contributed by atoms with van der Waals surface area (Å²) < 4.78 is 17.6. The van der Waals surface area contributed by atoms with Gasteiger partial charge in [0.25, 0.3) is 11.8 Å². The fourth-order valence-electron chi connectivity index (χ4n) is 2.05. The molecule has 2 N–H and O–H groups in total. The van der Waals surface area contributed by atoms with Crippen molar-refractivity contribution in [2.45, 2.75) is 13.0 Å². The summed E-state index contributed by atoms with van der Waals surface area (Å²) in [6.07, 6.45) is -0.0649. The van der Waals surface area contributed by atoms with Gasteiger partial charge in [0.2, 0.25) is 0 Å². The molecule has 27 heavy (non-hydrogen) atoms. The van der Waals surface area contributed by atoms with E-state index in [9.17, 15) is 18.8 Å². The highest BCUT2D eigenvalue weighted by Crippen LogP contribution is 2.09. The lowest BCUT2D eigenvalue weighted by Gasteiger charge is -2.08. The molecular formula is C19H18ClFN2O4. The molecule has 0 aliphatic rings. The summed E-state index contributed by atoms with van der Waals surface area (Å²) in [5.41, 5.74) is 1.15. The van der Waals surface area contributed by atoms with Crippen LogP contribution in [0.25, 0.3) is 0 Å². The van der Waals surface area contributed by atoms with Crippen LogP contribution in [0.5, 0.6) is 0 Å². The van der Waals surface area contributed by atoms with Crippen molar-refractivity contribution >= 4 is 29.4 Å². The average molecular weight is 393 g/mol. The molecule has 0 fully saturated rings. The van der Waals surface area contributed by atoms with Crippen LogP contribution in [-0.4, -0.2) is 30.9 Å². The molecule has 2 aromatic carbocycles. The van der Waals surface area contributed by atoms with Crippen molar-refractivity contribution in [2.75, 3.05) is 13.2 Å². The summed E-state index contributed by atoms with van der Waals surface area (Å²) in [5, 5.41) is 5.65. The molecule has 0 saturated carbocycles. The molecule has 2 rings (SSSR count). The Kier molecular flexibility index (Phi) is 7.76. The topological polar surface area (TPSA) is 84.5 Å². The molecule has 0 unspecified atom stereocenters. The zero-order chi connectivity index (χ0) is 19.6. The lowest BCUT2D eigenvalue weighted by atomic mass is 10.2. The highest BCUT2D eigenvalue weighted by atomic mass is 35.5. The highest BCUT2D eigenvalue weighted by Gasteiger charge is 2.09. The van der Waals surface area contributed by atoms with Crippen molar-refractivity contribution in [3.05, 3.63) is 70.5 Å². The third-order valence-corrected chi connectivity index (χ3v) is 3.74. The normalized spacial score (nSPS) is 10.1. The first-order valence-corrected chi connectivity index (χ1v) is 8.52. The number of amides is 2. The number of rotatable bonds is 8. The molecule has 0 aliphatic heterocycles. The van der Waals surface area contributed by atoms with Crippen LogP contribution in [0.3, 0.4) is 0 Å². The zero-order valence-electron chi connectivity index (χ0n) is 14.3. The van der Waals surface area contributed by atoms with E-state index in [4.69, 9.17) is 16.3 Å².